The van der Waals surface area contributed by atoms with E-state index in [0.29, 0.717) is 26.2 Å². The number of carbonyl (C=O) groups excluding carboxylic acids is 1. The molecule has 0 bridgehead atoms. The number of amides is 2. The highest BCUT2D eigenvalue weighted by Crippen LogP contribution is 2.39. The number of fused-ring (bicyclic) bond motifs is 1. The minimum atomic E-state index is -0.281. The molecule has 2 amide bonds. The predicted molar refractivity (Wildman–Crippen MR) is 141 cm³/mol. The fourth-order valence-electron chi connectivity index (χ4n) is 4.18. The number of hydrogen-bond acceptors (Lipinski definition) is 7. The zero-order valence-electron chi connectivity index (χ0n) is 19.5. The number of benzene rings is 2. The Hall–Kier alpha value is -3.92. The van der Waals surface area contributed by atoms with Crippen LogP contribution in [0.15, 0.2) is 53.9 Å². The van der Waals surface area contributed by atoms with Gasteiger partial charge in [-0.15, -0.1) is 11.3 Å². The Bertz CT molecular complexity index is 1350. The lowest BCUT2D eigenvalue weighted by Gasteiger charge is -2.35. The summed E-state index contributed by atoms with van der Waals surface area (Å²) in [4.78, 5) is 28.5. The van der Waals surface area contributed by atoms with Crippen molar-refractivity contribution in [3.05, 3.63) is 59.7 Å². The van der Waals surface area contributed by atoms with E-state index in [4.69, 9.17) is 5.73 Å². The van der Waals surface area contributed by atoms with Gasteiger partial charge in [-0.3, -0.25) is 0 Å². The number of halogens is 1. The van der Waals surface area contributed by atoms with E-state index in [-0.39, 0.29) is 17.8 Å². The number of piperazine rings is 1. The van der Waals surface area contributed by atoms with Gasteiger partial charge in [0.05, 0.1) is 5.39 Å². The zero-order chi connectivity index (χ0) is 24.5. The van der Waals surface area contributed by atoms with Crippen molar-refractivity contribution >= 4 is 50.7 Å². The summed E-state index contributed by atoms with van der Waals surface area (Å²) in [5.41, 5.74) is 9.69. The Morgan fingerprint density at radius 2 is 1.71 bits per heavy atom. The summed E-state index contributed by atoms with van der Waals surface area (Å²) < 4.78 is 13.5. The molecule has 4 aromatic rings. The van der Waals surface area contributed by atoms with Gasteiger partial charge < -0.3 is 25.8 Å². The molecule has 8 nitrogen and oxygen atoms in total. The predicted octanol–water partition coefficient (Wildman–Crippen LogP) is 4.50. The van der Waals surface area contributed by atoms with Crippen LogP contribution in [-0.4, -0.2) is 61.2 Å². The number of aromatic nitrogens is 2. The molecule has 1 aliphatic heterocycles. The number of nitrogens with two attached hydrogens (primary N) is 1. The summed E-state index contributed by atoms with van der Waals surface area (Å²) in [6.45, 7) is 2.31. The fraction of sp³-hybridized carbons (Fsp3) is 0.240. The van der Waals surface area contributed by atoms with E-state index in [1.54, 1.807) is 17.0 Å². The summed E-state index contributed by atoms with van der Waals surface area (Å²) in [5, 5.41) is 5.88. The van der Waals surface area contributed by atoms with Crippen molar-refractivity contribution in [2.45, 2.75) is 0 Å². The van der Waals surface area contributed by atoms with Crippen LogP contribution in [0.3, 0.4) is 0 Å². The molecule has 0 radical (unpaired) electrons. The van der Waals surface area contributed by atoms with Gasteiger partial charge in [0.2, 0.25) is 5.95 Å². The number of nitrogen functional groups attached to an aromatic ring is 1. The maximum absolute atomic E-state index is 13.5. The second-order valence-corrected chi connectivity index (χ2v) is 9.45. The maximum atomic E-state index is 13.5. The van der Waals surface area contributed by atoms with Crippen LogP contribution in [-0.2, 0) is 0 Å². The maximum Gasteiger partial charge on any atom is 0.321 e. The average Bonchev–Trinajstić information content (AvgIpc) is 3.28. The number of nitrogens with zero attached hydrogens (tertiary/aromatic N) is 5. The third kappa shape index (κ3) is 4.69. The molecule has 1 saturated heterocycles. The van der Waals surface area contributed by atoms with E-state index in [2.05, 4.69) is 20.2 Å². The third-order valence-corrected chi connectivity index (χ3v) is 6.96. The summed E-state index contributed by atoms with van der Waals surface area (Å²) in [6, 6.07) is 14.0. The van der Waals surface area contributed by atoms with Crippen LogP contribution in [0, 0.1) is 5.82 Å². The zero-order valence-corrected chi connectivity index (χ0v) is 20.3. The van der Waals surface area contributed by atoms with Crippen LogP contribution < -0.4 is 20.9 Å². The largest absolute Gasteiger partial charge is 0.378 e. The van der Waals surface area contributed by atoms with Crippen LogP contribution >= 0.6 is 11.3 Å². The monoisotopic (exact) mass is 491 g/mol. The summed E-state index contributed by atoms with van der Waals surface area (Å²) in [7, 11) is 3.95. The molecule has 0 unspecified atom stereocenters. The number of nitrogens with one attached hydrogen (secondary N) is 1. The first-order valence-corrected chi connectivity index (χ1v) is 12.2. The minimum absolute atomic E-state index is 0.128. The molecular formula is C25H26FN7OS. The number of carbonyl (C=O) groups is 1. The first kappa shape index (κ1) is 22.9. The fourth-order valence-corrected chi connectivity index (χ4v) is 5.13. The molecule has 3 N–H and O–H groups in total. The van der Waals surface area contributed by atoms with Crippen LogP contribution in [0.4, 0.5) is 32.3 Å². The van der Waals surface area contributed by atoms with E-state index in [9.17, 15) is 9.18 Å². The van der Waals surface area contributed by atoms with Gasteiger partial charge in [0.15, 0.2) is 0 Å². The molecule has 5 rings (SSSR count). The van der Waals surface area contributed by atoms with Crippen molar-refractivity contribution < 1.29 is 9.18 Å². The molecule has 0 aliphatic carbocycles. The minimum Gasteiger partial charge on any atom is -0.378 e. The molecule has 2 aromatic carbocycles. The quantitative estimate of drug-likeness (QED) is 0.437. The molecule has 35 heavy (non-hydrogen) atoms. The lowest BCUT2D eigenvalue weighted by Crippen LogP contribution is -2.50. The van der Waals surface area contributed by atoms with Crippen molar-refractivity contribution in [3.63, 3.8) is 0 Å². The van der Waals surface area contributed by atoms with Crippen molar-refractivity contribution in [1.82, 2.24) is 14.9 Å². The number of anilines is 4. The topological polar surface area (TPSA) is 90.6 Å². The highest BCUT2D eigenvalue weighted by molar-refractivity contribution is 7.17. The lowest BCUT2D eigenvalue weighted by atomic mass is 10.1. The third-order valence-electron chi connectivity index (χ3n) is 6.09. The number of rotatable bonds is 4. The summed E-state index contributed by atoms with van der Waals surface area (Å²) >= 11 is 1.49. The summed E-state index contributed by atoms with van der Waals surface area (Å²) in [6.07, 6.45) is 0. The average molecular weight is 492 g/mol. The highest BCUT2D eigenvalue weighted by atomic mass is 32.1. The van der Waals surface area contributed by atoms with Crippen molar-refractivity contribution in [1.29, 1.82) is 0 Å². The molecular weight excluding hydrogens is 465 g/mol. The van der Waals surface area contributed by atoms with Crippen LogP contribution in [0.1, 0.15) is 0 Å². The van der Waals surface area contributed by atoms with Crippen molar-refractivity contribution in [2.24, 2.45) is 0 Å². The van der Waals surface area contributed by atoms with Gasteiger partial charge in [-0.25, -0.2) is 14.2 Å². The molecule has 1 aliphatic rings. The van der Waals surface area contributed by atoms with Crippen molar-refractivity contribution in [3.8, 4) is 11.1 Å². The molecule has 2 aromatic heterocycles. The van der Waals surface area contributed by atoms with Crippen molar-refractivity contribution in [2.75, 3.05) is 61.1 Å². The van der Waals surface area contributed by atoms with E-state index < -0.39 is 0 Å². The lowest BCUT2D eigenvalue weighted by molar-refractivity contribution is 0.208. The Kier molecular flexibility index (Phi) is 6.12. The standard InChI is InChI=1S/C25H26FN7OS/c1-31(2)19-9-7-18(8-10-19)28-25(34)33-13-11-32(12-14-33)22-21-20(16-3-5-17(26)6-4-16)15-35-23(21)30-24(27)29-22/h3-10,15H,11-14H2,1-2H3,(H,28,34)(H2,27,29,30). The molecule has 0 saturated carbocycles. The number of hydrogen-bond donors (Lipinski definition) is 2. The first-order chi connectivity index (χ1) is 16.9. The first-order valence-electron chi connectivity index (χ1n) is 11.3. The van der Waals surface area contributed by atoms with Gasteiger partial charge in [-0.1, -0.05) is 12.1 Å². The van der Waals surface area contributed by atoms with E-state index in [1.807, 2.05) is 48.6 Å². The number of thiophene rings is 1. The Morgan fingerprint density at radius 1 is 1.03 bits per heavy atom. The molecule has 180 valence electrons. The molecule has 0 atom stereocenters. The van der Waals surface area contributed by atoms with E-state index >= 15 is 0 Å². The smallest absolute Gasteiger partial charge is 0.321 e. The van der Waals surface area contributed by atoms with Crippen LogP contribution in [0.5, 0.6) is 0 Å². The second kappa shape index (κ2) is 9.38. The van der Waals surface area contributed by atoms with Crippen LogP contribution in [0.25, 0.3) is 21.3 Å². The van der Waals surface area contributed by atoms with E-state index in [0.717, 1.165) is 38.5 Å². The molecule has 10 heteroatoms. The molecule has 0 spiro atoms. The number of urea groups is 1. The van der Waals surface area contributed by atoms with Gasteiger partial charge >= 0.3 is 6.03 Å². The summed E-state index contributed by atoms with van der Waals surface area (Å²) in [5.74, 6) is 0.672. The van der Waals surface area contributed by atoms with Gasteiger partial charge in [0.25, 0.3) is 0 Å². The van der Waals surface area contributed by atoms with E-state index in [1.165, 1.54) is 23.5 Å². The van der Waals surface area contributed by atoms with Crippen LogP contribution in [0.2, 0.25) is 0 Å². The normalized spacial score (nSPS) is 13.8. The second-order valence-electron chi connectivity index (χ2n) is 8.59. The van der Waals surface area contributed by atoms with Gasteiger partial charge in [0.1, 0.15) is 16.5 Å². The Balaban J connectivity index is 1.33. The Morgan fingerprint density at radius 3 is 2.37 bits per heavy atom. The van der Waals surface area contributed by atoms with Gasteiger partial charge in [-0.2, -0.15) is 4.98 Å². The van der Waals surface area contributed by atoms with Gasteiger partial charge in [0, 0.05) is 62.6 Å². The molecule has 3 heterocycles. The Labute approximate surface area is 206 Å². The SMILES string of the molecule is CN(C)c1ccc(NC(=O)N2CCN(c3nc(N)nc4scc(-c5ccc(F)cc5)c34)CC2)cc1. The molecule has 1 fully saturated rings. The highest BCUT2D eigenvalue weighted by Gasteiger charge is 2.25. The van der Waals surface area contributed by atoms with Gasteiger partial charge in [-0.05, 0) is 42.0 Å².